The van der Waals surface area contributed by atoms with E-state index in [-0.39, 0.29) is 72.4 Å². The van der Waals surface area contributed by atoms with Crippen LogP contribution in [-0.2, 0) is 41.9 Å². The van der Waals surface area contributed by atoms with Crippen LogP contribution in [0, 0.1) is 5.82 Å². The number of halogens is 1. The number of anilines is 1. The van der Waals surface area contributed by atoms with Gasteiger partial charge in [-0.15, -0.1) is 11.3 Å². The molecular formula is C53H61FN8O14S. The van der Waals surface area contributed by atoms with Crippen LogP contribution in [0.3, 0.4) is 0 Å². The molecule has 0 bridgehead atoms. The first-order valence-corrected chi connectivity index (χ1v) is 25.2. The van der Waals surface area contributed by atoms with Crippen molar-refractivity contribution in [3.05, 3.63) is 112 Å². The quantitative estimate of drug-likeness (QED) is 0.0274. The largest absolute Gasteiger partial charge is 0.497 e. The third-order valence-electron chi connectivity index (χ3n) is 11.6. The van der Waals surface area contributed by atoms with E-state index in [1.807, 2.05) is 12.1 Å². The van der Waals surface area contributed by atoms with Gasteiger partial charge in [-0.1, -0.05) is 34.6 Å². The van der Waals surface area contributed by atoms with E-state index in [0.717, 1.165) is 22.5 Å². The molecule has 2 saturated heterocycles. The fourth-order valence-electron chi connectivity index (χ4n) is 7.57. The Kier molecular flexibility index (Phi) is 17.4. The highest BCUT2D eigenvalue weighted by atomic mass is 32.1. The maximum atomic E-state index is 16.5. The van der Waals surface area contributed by atoms with E-state index in [2.05, 4.69) is 36.6 Å². The van der Waals surface area contributed by atoms with Gasteiger partial charge in [0.15, 0.2) is 28.2 Å². The molecule has 0 unspecified atom stereocenters. The lowest BCUT2D eigenvalue weighted by molar-refractivity contribution is -0.179. The average Bonchev–Trinajstić information content (AvgIpc) is 4.18. The zero-order valence-electron chi connectivity index (χ0n) is 44.2. The van der Waals surface area contributed by atoms with Crippen molar-refractivity contribution in [2.45, 2.75) is 110 Å². The Morgan fingerprint density at radius 3 is 2.12 bits per heavy atom. The molecule has 7 rings (SSSR count). The summed E-state index contributed by atoms with van der Waals surface area (Å²) in [7, 11) is 3.11. The Hall–Kier alpha value is -8.28. The number of hydrogen-bond acceptors (Lipinski definition) is 18. The lowest BCUT2D eigenvalue weighted by Gasteiger charge is -2.37. The number of methoxy groups -OCH3 is 2. The number of benzene rings is 3. The number of aromatic nitrogens is 2. The number of oxime groups is 1. The first-order valence-electron chi connectivity index (χ1n) is 24.3. The fraction of sp³-hybridized carbons (Fsp3) is 0.415. The van der Waals surface area contributed by atoms with Crippen LogP contribution in [0.1, 0.15) is 111 Å². The lowest BCUT2D eigenvalue weighted by Crippen LogP contribution is -2.72. The second kappa shape index (κ2) is 23.7. The minimum Gasteiger partial charge on any atom is -0.497 e. The summed E-state index contributed by atoms with van der Waals surface area (Å²) in [6, 6.07) is 16.6. The first kappa shape index (κ1) is 56.4. The molecule has 4 N–H and O–H groups in total. The van der Waals surface area contributed by atoms with Gasteiger partial charge in [0.1, 0.15) is 47.7 Å². The highest BCUT2D eigenvalue weighted by Gasteiger charge is 2.43. The van der Waals surface area contributed by atoms with Crippen molar-refractivity contribution in [3.8, 4) is 23.0 Å². The molecular weight excluding hydrogens is 1020 g/mol. The third kappa shape index (κ3) is 14.8. The van der Waals surface area contributed by atoms with Crippen molar-refractivity contribution in [2.75, 3.05) is 39.2 Å². The lowest BCUT2D eigenvalue weighted by atomic mass is 9.98. The number of esters is 1. The summed E-state index contributed by atoms with van der Waals surface area (Å²) in [5.41, 5.74) is -2.23. The van der Waals surface area contributed by atoms with E-state index in [1.54, 1.807) is 92.2 Å². The predicted octanol–water partition coefficient (Wildman–Crippen LogP) is 6.68. The number of ether oxygens (including phenoxy) is 6. The molecule has 77 heavy (non-hydrogen) atoms. The van der Waals surface area contributed by atoms with Gasteiger partial charge in [0.05, 0.1) is 31.5 Å². The summed E-state index contributed by atoms with van der Waals surface area (Å²) < 4.78 is 55.2. The first-order chi connectivity index (χ1) is 36.4. The molecule has 3 atom stereocenters. The van der Waals surface area contributed by atoms with Gasteiger partial charge in [-0.05, 0) is 109 Å². The molecule has 3 aromatic carbocycles. The molecule has 0 radical (unpaired) electrons. The number of hydrogen-bond donors (Lipinski definition) is 4. The Labute approximate surface area is 447 Å². The van der Waals surface area contributed by atoms with Crippen LogP contribution in [0.5, 0.6) is 23.0 Å². The highest BCUT2D eigenvalue weighted by molar-refractivity contribution is 7.14. The van der Waals surface area contributed by atoms with E-state index in [1.165, 1.54) is 42.3 Å². The standard InChI is InChI=1S/C53H61FN8O14S/c1-51(2,3)73-48(67)53(7,8)76-61-42(37-28-77-49(57-37)59-50(68)74-52(4,5)6)46(65)58-41-36(56-45(41)64)24-55-44(63)39-23-35(60-75-39)31-21-22-62(25-31)47(66)34-19-20-38(71-26-29-11-15-32(69-9)16-12-29)43(40(34)54)72-27-30-13-17-33(70-10)18-14-30/h11-20,23,28,31,36,41H,21-22,24-27H2,1-10H3,(H,55,63)(H,56,64)(H,58,65)(H,57,59,68)/b61-42-/t31-,36-,41+/m1/s1. The number of likely N-dealkylation sites (tertiary alicyclic amines) is 1. The topological polar surface area (TPSA) is 270 Å². The van der Waals surface area contributed by atoms with Crippen LogP contribution < -0.4 is 40.2 Å². The molecule has 0 saturated carbocycles. The third-order valence-corrected chi connectivity index (χ3v) is 12.4. The zero-order valence-corrected chi connectivity index (χ0v) is 45.0. The number of nitrogens with zero attached hydrogens (tertiary/aromatic N) is 4. The second-order valence-electron chi connectivity index (χ2n) is 20.4. The number of carbonyl (C=O) groups excluding carboxylic acids is 6. The number of carbonyl (C=O) groups is 6. The summed E-state index contributed by atoms with van der Waals surface area (Å²) in [5, 5.41) is 19.9. The molecule has 2 aromatic heterocycles. The van der Waals surface area contributed by atoms with Gasteiger partial charge < -0.3 is 58.6 Å². The van der Waals surface area contributed by atoms with E-state index in [4.69, 9.17) is 37.8 Å². The summed E-state index contributed by atoms with van der Waals surface area (Å²) in [6.07, 6.45) is -0.372. The van der Waals surface area contributed by atoms with Crippen LogP contribution in [0.25, 0.3) is 0 Å². The molecule has 0 aliphatic carbocycles. The number of rotatable bonds is 20. The van der Waals surface area contributed by atoms with Gasteiger partial charge in [0.2, 0.25) is 17.3 Å². The monoisotopic (exact) mass is 1080 g/mol. The van der Waals surface area contributed by atoms with Gasteiger partial charge >= 0.3 is 12.1 Å². The molecule has 5 aromatic rings. The maximum Gasteiger partial charge on any atom is 0.413 e. The number of β-lactam (4-membered cyclic amide) rings is 1. The van der Waals surface area contributed by atoms with Gasteiger partial charge in [-0.3, -0.25) is 24.5 Å². The Bertz CT molecular complexity index is 3000. The SMILES string of the molecule is COc1ccc(COc2ccc(C(=O)N3CC[C@@H](c4cc(C(=O)NC[C@H]5NC(=O)[C@H]5NC(=O)/C(=N\OC(C)(C)C(=O)OC(C)(C)C)c5csc(NC(=O)OC(C)(C)C)n5)on4)C3)c(F)c2OCc2ccc(OC)cc2)cc1. The van der Waals surface area contributed by atoms with Crippen LogP contribution >= 0.6 is 11.3 Å². The molecule has 2 fully saturated rings. The second-order valence-corrected chi connectivity index (χ2v) is 21.2. The van der Waals surface area contributed by atoms with Crippen molar-refractivity contribution < 1.29 is 70.9 Å². The van der Waals surface area contributed by atoms with Crippen molar-refractivity contribution in [2.24, 2.45) is 5.16 Å². The van der Waals surface area contributed by atoms with Crippen molar-refractivity contribution >= 4 is 57.9 Å². The van der Waals surface area contributed by atoms with Crippen LogP contribution in [0.2, 0.25) is 0 Å². The highest BCUT2D eigenvalue weighted by Crippen LogP contribution is 2.36. The van der Waals surface area contributed by atoms with E-state index in [0.29, 0.717) is 23.6 Å². The van der Waals surface area contributed by atoms with Crippen molar-refractivity contribution in [1.82, 2.24) is 31.0 Å². The molecule has 22 nitrogen and oxygen atoms in total. The minimum atomic E-state index is -1.69. The maximum absolute atomic E-state index is 16.5. The summed E-state index contributed by atoms with van der Waals surface area (Å²) in [5.74, 6) is -3.83. The van der Waals surface area contributed by atoms with Gasteiger partial charge in [-0.25, -0.2) is 19.0 Å². The molecule has 5 amide bonds. The number of amides is 5. The van der Waals surface area contributed by atoms with Gasteiger partial charge in [0.25, 0.3) is 17.7 Å². The fourth-order valence-corrected chi connectivity index (χ4v) is 8.25. The smallest absolute Gasteiger partial charge is 0.413 e. The van der Waals surface area contributed by atoms with E-state index in [9.17, 15) is 28.8 Å². The average molecular weight is 1090 g/mol. The molecule has 24 heteroatoms. The zero-order chi connectivity index (χ0) is 55.8. The van der Waals surface area contributed by atoms with Crippen molar-refractivity contribution in [1.29, 1.82) is 0 Å². The van der Waals surface area contributed by atoms with Crippen LogP contribution in [-0.4, -0.2) is 119 Å². The summed E-state index contributed by atoms with van der Waals surface area (Å²) in [6.45, 7) is 13.1. The Morgan fingerprint density at radius 2 is 1.51 bits per heavy atom. The summed E-state index contributed by atoms with van der Waals surface area (Å²) >= 11 is 0.944. The van der Waals surface area contributed by atoms with Crippen molar-refractivity contribution in [3.63, 3.8) is 0 Å². The molecule has 2 aliphatic rings. The molecule has 0 spiro atoms. The normalized spacial score (nSPS) is 16.6. The van der Waals surface area contributed by atoms with E-state index < -0.39 is 76.1 Å². The van der Waals surface area contributed by atoms with E-state index >= 15 is 4.39 Å². The summed E-state index contributed by atoms with van der Waals surface area (Å²) in [4.78, 5) is 90.8. The number of nitrogens with one attached hydrogen (secondary N) is 4. The van der Waals surface area contributed by atoms with Gasteiger partial charge in [-0.2, -0.15) is 0 Å². The number of thiazole rings is 1. The van der Waals surface area contributed by atoms with Crippen LogP contribution in [0.15, 0.2) is 81.8 Å². The molecule has 4 heterocycles. The predicted molar refractivity (Wildman–Crippen MR) is 277 cm³/mol. The van der Waals surface area contributed by atoms with Crippen LogP contribution in [0.4, 0.5) is 14.3 Å². The van der Waals surface area contributed by atoms with Gasteiger partial charge in [0, 0.05) is 37.0 Å². The Morgan fingerprint density at radius 1 is 0.870 bits per heavy atom. The molecule has 2 aliphatic heterocycles. The Balaban J connectivity index is 0.976. The molecule has 410 valence electrons. The minimum absolute atomic E-state index is 0.0317.